The first-order valence-electron chi connectivity index (χ1n) is 10.1. The van der Waals surface area contributed by atoms with E-state index in [1.165, 1.54) is 12.0 Å². The van der Waals surface area contributed by atoms with E-state index in [1.807, 2.05) is 13.0 Å². The van der Waals surface area contributed by atoms with Crippen molar-refractivity contribution in [2.24, 2.45) is 11.8 Å². The molecule has 2 aromatic carbocycles. The second-order valence-electron chi connectivity index (χ2n) is 7.79. The smallest absolute Gasteiger partial charge is 0.255 e. The van der Waals surface area contributed by atoms with Gasteiger partial charge in [-0.3, -0.25) is 19.3 Å². The number of allylic oxidation sites excluding steroid dienone is 2. The Hall–Kier alpha value is -3.61. The van der Waals surface area contributed by atoms with Crippen LogP contribution >= 0.6 is 0 Å². The van der Waals surface area contributed by atoms with Crippen LogP contribution in [0.25, 0.3) is 0 Å². The van der Waals surface area contributed by atoms with Crippen LogP contribution in [0.2, 0.25) is 0 Å². The lowest BCUT2D eigenvalue weighted by Crippen LogP contribution is -2.31. The number of benzene rings is 2. The van der Waals surface area contributed by atoms with Gasteiger partial charge < -0.3 is 14.8 Å². The predicted molar refractivity (Wildman–Crippen MR) is 116 cm³/mol. The summed E-state index contributed by atoms with van der Waals surface area (Å²) >= 11 is 0. The molecule has 1 aliphatic carbocycles. The van der Waals surface area contributed by atoms with Gasteiger partial charge in [-0.1, -0.05) is 17.7 Å². The van der Waals surface area contributed by atoms with Crippen LogP contribution < -0.4 is 19.7 Å². The van der Waals surface area contributed by atoms with Gasteiger partial charge in [0.2, 0.25) is 11.8 Å². The normalized spacial score (nSPS) is 20.2. The van der Waals surface area contributed by atoms with Gasteiger partial charge in [-0.2, -0.15) is 0 Å². The molecule has 0 spiro atoms. The van der Waals surface area contributed by atoms with Crippen LogP contribution in [-0.4, -0.2) is 31.9 Å². The zero-order chi connectivity index (χ0) is 22.1. The summed E-state index contributed by atoms with van der Waals surface area (Å²) in [6, 6.07) is 11.6. The molecule has 1 heterocycles. The van der Waals surface area contributed by atoms with Crippen LogP contribution in [-0.2, 0) is 9.59 Å². The van der Waals surface area contributed by atoms with Gasteiger partial charge in [0.05, 0.1) is 37.4 Å². The lowest BCUT2D eigenvalue weighted by Gasteiger charge is -2.18. The third-order valence-corrected chi connectivity index (χ3v) is 5.85. The Morgan fingerprint density at radius 3 is 2.55 bits per heavy atom. The van der Waals surface area contributed by atoms with E-state index in [0.29, 0.717) is 41.3 Å². The van der Waals surface area contributed by atoms with Crippen molar-refractivity contribution < 1.29 is 23.9 Å². The molecule has 7 nitrogen and oxygen atoms in total. The molecule has 3 amide bonds. The van der Waals surface area contributed by atoms with Gasteiger partial charge in [-0.15, -0.1) is 0 Å². The fourth-order valence-electron chi connectivity index (χ4n) is 4.17. The van der Waals surface area contributed by atoms with Gasteiger partial charge >= 0.3 is 0 Å². The van der Waals surface area contributed by atoms with Crippen molar-refractivity contribution in [2.45, 2.75) is 19.8 Å². The number of amides is 3. The Morgan fingerprint density at radius 1 is 1.03 bits per heavy atom. The second kappa shape index (κ2) is 8.26. The molecule has 2 atom stereocenters. The lowest BCUT2D eigenvalue weighted by atomic mass is 9.82. The molecule has 1 saturated heterocycles. The van der Waals surface area contributed by atoms with Gasteiger partial charge in [0.15, 0.2) is 0 Å². The molecular weight excluding hydrogens is 396 g/mol. The highest BCUT2D eigenvalue weighted by molar-refractivity contribution is 6.22. The third-order valence-electron chi connectivity index (χ3n) is 5.85. The van der Waals surface area contributed by atoms with Crippen LogP contribution in [0.15, 0.2) is 54.1 Å². The van der Waals surface area contributed by atoms with E-state index < -0.39 is 0 Å². The van der Waals surface area contributed by atoms with Crippen molar-refractivity contribution in [1.29, 1.82) is 0 Å². The number of rotatable bonds is 5. The summed E-state index contributed by atoms with van der Waals surface area (Å²) in [6.45, 7) is 1.98. The van der Waals surface area contributed by atoms with Gasteiger partial charge in [0.25, 0.3) is 5.91 Å². The summed E-state index contributed by atoms with van der Waals surface area (Å²) in [7, 11) is 3.05. The number of hydrogen-bond acceptors (Lipinski definition) is 5. The number of imide groups is 1. The fraction of sp³-hybridized carbons (Fsp3) is 0.292. The molecule has 1 aliphatic heterocycles. The van der Waals surface area contributed by atoms with Crippen molar-refractivity contribution >= 4 is 29.1 Å². The minimum absolute atomic E-state index is 0.197. The first-order chi connectivity index (χ1) is 14.9. The summed E-state index contributed by atoms with van der Waals surface area (Å²) in [6.07, 6.45) is 3.21. The van der Waals surface area contributed by atoms with Crippen LogP contribution in [0.5, 0.6) is 11.5 Å². The third kappa shape index (κ3) is 3.79. The summed E-state index contributed by atoms with van der Waals surface area (Å²) in [5, 5.41) is 2.81. The number of fused-ring (bicyclic) bond motifs is 1. The number of anilines is 2. The summed E-state index contributed by atoms with van der Waals surface area (Å²) in [4.78, 5) is 40.0. The molecule has 0 saturated carbocycles. The number of ether oxygens (including phenoxy) is 2. The molecule has 0 bridgehead atoms. The van der Waals surface area contributed by atoms with Gasteiger partial charge in [0.1, 0.15) is 11.5 Å². The van der Waals surface area contributed by atoms with Gasteiger partial charge in [-0.25, -0.2) is 0 Å². The van der Waals surface area contributed by atoms with Gasteiger partial charge in [0, 0.05) is 11.6 Å². The Morgan fingerprint density at radius 2 is 1.81 bits per heavy atom. The Bertz CT molecular complexity index is 1090. The van der Waals surface area contributed by atoms with Crippen LogP contribution in [0.4, 0.5) is 11.4 Å². The molecule has 31 heavy (non-hydrogen) atoms. The molecule has 0 aromatic heterocycles. The highest BCUT2D eigenvalue weighted by Crippen LogP contribution is 2.40. The van der Waals surface area contributed by atoms with Crippen molar-refractivity contribution in [1.82, 2.24) is 0 Å². The maximum atomic E-state index is 13.0. The second-order valence-corrected chi connectivity index (χ2v) is 7.79. The summed E-state index contributed by atoms with van der Waals surface area (Å²) in [5.74, 6) is -0.352. The van der Waals surface area contributed by atoms with Gasteiger partial charge in [-0.05, 0) is 50.1 Å². The molecule has 2 aromatic rings. The number of methoxy groups -OCH3 is 2. The molecule has 2 aliphatic rings. The Balaban J connectivity index is 1.57. The van der Waals surface area contributed by atoms with Crippen molar-refractivity contribution in [3.05, 3.63) is 59.7 Å². The lowest BCUT2D eigenvalue weighted by molar-refractivity contribution is -0.122. The standard InChI is InChI=1S/C24H24N2O5/c1-14-7-9-18-19(11-14)24(29)26(23(18)28)16-6-4-5-15(12-16)22(27)25-20-10-8-17(30-2)13-21(20)31-3/h4-8,10,12-13,18-19H,9,11H2,1-3H3,(H,25,27)/t18-,19+/m0/s1. The van der Waals surface area contributed by atoms with Crippen LogP contribution in [0.3, 0.4) is 0 Å². The fourth-order valence-corrected chi connectivity index (χ4v) is 4.17. The topological polar surface area (TPSA) is 84.9 Å². The van der Waals surface area contributed by atoms with Crippen molar-refractivity contribution in [2.75, 3.05) is 24.4 Å². The molecule has 160 valence electrons. The number of nitrogens with zero attached hydrogens (tertiary/aromatic N) is 1. The summed E-state index contributed by atoms with van der Waals surface area (Å²) in [5.41, 5.74) is 2.36. The average molecular weight is 420 g/mol. The van der Waals surface area contributed by atoms with Crippen LogP contribution in [0.1, 0.15) is 30.1 Å². The first-order valence-corrected chi connectivity index (χ1v) is 10.1. The molecule has 0 radical (unpaired) electrons. The van der Waals surface area contributed by atoms with E-state index in [1.54, 1.807) is 49.6 Å². The van der Waals surface area contributed by atoms with E-state index in [4.69, 9.17) is 9.47 Å². The molecule has 4 rings (SSSR count). The molecule has 1 N–H and O–H groups in total. The molecule has 1 fully saturated rings. The van der Waals surface area contributed by atoms with Crippen molar-refractivity contribution in [3.8, 4) is 11.5 Å². The number of carbonyl (C=O) groups excluding carboxylic acids is 3. The quantitative estimate of drug-likeness (QED) is 0.587. The number of hydrogen-bond donors (Lipinski definition) is 1. The summed E-state index contributed by atoms with van der Waals surface area (Å²) < 4.78 is 10.5. The minimum Gasteiger partial charge on any atom is -0.497 e. The highest BCUT2D eigenvalue weighted by Gasteiger charge is 2.48. The molecule has 0 unspecified atom stereocenters. The van der Waals surface area contributed by atoms with E-state index in [-0.39, 0.29) is 29.6 Å². The SMILES string of the molecule is COc1ccc(NC(=O)c2cccc(N3C(=O)[C@H]4CC=C(C)C[C@H]4C3=O)c2)c(OC)c1. The largest absolute Gasteiger partial charge is 0.497 e. The highest BCUT2D eigenvalue weighted by atomic mass is 16.5. The first kappa shape index (κ1) is 20.7. The Kier molecular flexibility index (Phi) is 5.50. The molecular formula is C24H24N2O5. The minimum atomic E-state index is -0.376. The number of nitrogens with one attached hydrogen (secondary N) is 1. The zero-order valence-electron chi connectivity index (χ0n) is 17.7. The average Bonchev–Trinajstić information content (AvgIpc) is 3.03. The maximum Gasteiger partial charge on any atom is 0.255 e. The van der Waals surface area contributed by atoms with E-state index in [9.17, 15) is 14.4 Å². The number of carbonyl (C=O) groups is 3. The van der Waals surface area contributed by atoms with E-state index in [2.05, 4.69) is 5.32 Å². The van der Waals surface area contributed by atoms with Crippen molar-refractivity contribution in [3.63, 3.8) is 0 Å². The van der Waals surface area contributed by atoms with E-state index in [0.717, 1.165) is 5.57 Å². The monoisotopic (exact) mass is 420 g/mol. The Labute approximate surface area is 180 Å². The van der Waals surface area contributed by atoms with Crippen LogP contribution in [0, 0.1) is 11.8 Å². The van der Waals surface area contributed by atoms with E-state index >= 15 is 0 Å². The molecule has 7 heteroatoms. The zero-order valence-corrected chi connectivity index (χ0v) is 17.7. The predicted octanol–water partition coefficient (Wildman–Crippen LogP) is 3.80. The maximum absolute atomic E-state index is 13.0.